The van der Waals surface area contributed by atoms with Crippen LogP contribution in [-0.4, -0.2) is 28.2 Å². The topological polar surface area (TPSA) is 62.3 Å². The number of hydrogen-bond donors (Lipinski definition) is 1. The largest absolute Gasteiger partial charge is 0.327 e. The molecular formula is C30H29N3O2. The summed E-state index contributed by atoms with van der Waals surface area (Å²) in [5.74, 6) is 7.24. The summed E-state index contributed by atoms with van der Waals surface area (Å²) < 4.78 is 0. The van der Waals surface area contributed by atoms with E-state index in [1.807, 2.05) is 74.2 Å². The molecule has 5 heteroatoms. The summed E-state index contributed by atoms with van der Waals surface area (Å²) in [5, 5.41) is 2.95. The number of nitrogens with zero attached hydrogens (tertiary/aromatic N) is 2. The Morgan fingerprint density at radius 1 is 1.06 bits per heavy atom. The first kappa shape index (κ1) is 22.9. The van der Waals surface area contributed by atoms with Gasteiger partial charge in [0.15, 0.2) is 0 Å². The van der Waals surface area contributed by atoms with Crippen molar-refractivity contribution in [1.29, 1.82) is 0 Å². The number of anilines is 1. The Labute approximate surface area is 206 Å². The SMILES string of the molecule is CC(C)(C)C(=O)N(CC#Cc1ccc2c(c1)CC1(C2)C(=O)Nc2ncccc21)Cc1ccccc1. The zero-order valence-corrected chi connectivity index (χ0v) is 20.4. The van der Waals surface area contributed by atoms with Crippen molar-refractivity contribution >= 4 is 17.6 Å². The van der Waals surface area contributed by atoms with Crippen LogP contribution in [0.25, 0.3) is 0 Å². The maximum absolute atomic E-state index is 13.1. The highest BCUT2D eigenvalue weighted by molar-refractivity contribution is 6.06. The van der Waals surface area contributed by atoms with E-state index in [1.54, 1.807) is 6.20 Å². The van der Waals surface area contributed by atoms with Crippen molar-refractivity contribution in [3.8, 4) is 11.8 Å². The van der Waals surface area contributed by atoms with Gasteiger partial charge in [-0.05, 0) is 47.7 Å². The summed E-state index contributed by atoms with van der Waals surface area (Å²) >= 11 is 0. The van der Waals surface area contributed by atoms with Gasteiger partial charge in [0.05, 0.1) is 12.0 Å². The van der Waals surface area contributed by atoms with Gasteiger partial charge in [-0.15, -0.1) is 0 Å². The van der Waals surface area contributed by atoms with E-state index in [0.717, 1.165) is 22.3 Å². The molecule has 0 radical (unpaired) electrons. The molecule has 2 aromatic carbocycles. The Morgan fingerprint density at radius 3 is 2.60 bits per heavy atom. The Hall–Kier alpha value is -3.91. The predicted molar refractivity (Wildman–Crippen MR) is 137 cm³/mol. The number of carbonyl (C=O) groups excluding carboxylic acids is 2. The molecule has 176 valence electrons. The second kappa shape index (κ2) is 8.70. The van der Waals surface area contributed by atoms with Crippen LogP contribution in [0.4, 0.5) is 5.82 Å². The van der Waals surface area contributed by atoms with Gasteiger partial charge >= 0.3 is 0 Å². The lowest BCUT2D eigenvalue weighted by molar-refractivity contribution is -0.139. The van der Waals surface area contributed by atoms with E-state index < -0.39 is 10.8 Å². The number of fused-ring (bicyclic) bond motifs is 3. The summed E-state index contributed by atoms with van der Waals surface area (Å²) in [6.45, 7) is 6.69. The quantitative estimate of drug-likeness (QED) is 0.582. The number of nitrogens with one attached hydrogen (secondary N) is 1. The molecule has 1 atom stereocenters. The average Bonchev–Trinajstić information content (AvgIpc) is 3.35. The van der Waals surface area contributed by atoms with E-state index >= 15 is 0 Å². The molecule has 1 unspecified atom stereocenters. The molecule has 35 heavy (non-hydrogen) atoms. The number of rotatable bonds is 3. The van der Waals surface area contributed by atoms with Gasteiger partial charge in [0.25, 0.3) is 0 Å². The first-order valence-corrected chi connectivity index (χ1v) is 12.0. The average molecular weight is 464 g/mol. The molecule has 1 aliphatic carbocycles. The van der Waals surface area contributed by atoms with Crippen LogP contribution in [-0.2, 0) is 34.4 Å². The standard InChI is InChI=1S/C30H29N3O2/c1-29(2,3)28(35)33(20-22-9-5-4-6-10-22)16-8-11-21-13-14-23-18-30(19-24(23)17-21)25-12-7-15-31-26(25)32-27(30)34/h4-7,9-10,12-15,17H,16,18-20H2,1-3H3,(H,31,32,34). The molecule has 5 nitrogen and oxygen atoms in total. The summed E-state index contributed by atoms with van der Waals surface area (Å²) in [6.07, 6.45) is 3.02. The number of pyridine rings is 1. The molecule has 2 aliphatic rings. The number of carbonyl (C=O) groups is 2. The van der Waals surface area contributed by atoms with Crippen molar-refractivity contribution in [2.45, 2.75) is 45.6 Å². The molecule has 3 aromatic rings. The number of benzene rings is 2. The van der Waals surface area contributed by atoms with Gasteiger partial charge in [-0.1, -0.05) is 75.1 Å². The molecule has 0 saturated heterocycles. The monoisotopic (exact) mass is 463 g/mol. The van der Waals surface area contributed by atoms with Gasteiger partial charge in [-0.2, -0.15) is 0 Å². The Morgan fingerprint density at radius 2 is 1.83 bits per heavy atom. The van der Waals surface area contributed by atoms with Gasteiger partial charge < -0.3 is 10.2 Å². The lowest BCUT2D eigenvalue weighted by atomic mass is 9.79. The zero-order chi connectivity index (χ0) is 24.6. The number of aromatic nitrogens is 1. The molecule has 0 saturated carbocycles. The van der Waals surface area contributed by atoms with E-state index in [-0.39, 0.29) is 11.8 Å². The lowest BCUT2D eigenvalue weighted by Gasteiger charge is -2.28. The molecule has 0 bridgehead atoms. The first-order chi connectivity index (χ1) is 16.8. The molecular weight excluding hydrogens is 434 g/mol. The van der Waals surface area contributed by atoms with Gasteiger partial charge in [0, 0.05) is 29.3 Å². The van der Waals surface area contributed by atoms with Gasteiger partial charge in [-0.25, -0.2) is 4.98 Å². The fourth-order valence-corrected chi connectivity index (χ4v) is 5.06. The van der Waals surface area contributed by atoms with Crippen molar-refractivity contribution in [2.75, 3.05) is 11.9 Å². The maximum Gasteiger partial charge on any atom is 0.237 e. The van der Waals surface area contributed by atoms with Crippen LogP contribution in [0.1, 0.15) is 48.6 Å². The number of amides is 2. The highest BCUT2D eigenvalue weighted by Gasteiger charge is 2.50. The molecule has 1 aromatic heterocycles. The summed E-state index contributed by atoms with van der Waals surface area (Å²) in [6, 6.07) is 20.1. The van der Waals surface area contributed by atoms with E-state index in [1.165, 1.54) is 5.56 Å². The second-order valence-electron chi connectivity index (χ2n) is 10.5. The van der Waals surface area contributed by atoms with Gasteiger partial charge in [0.1, 0.15) is 5.82 Å². The van der Waals surface area contributed by atoms with Crippen LogP contribution in [0.2, 0.25) is 0 Å². The van der Waals surface area contributed by atoms with Gasteiger partial charge in [-0.3, -0.25) is 9.59 Å². The summed E-state index contributed by atoms with van der Waals surface area (Å²) in [5.41, 5.74) is 4.22. The highest BCUT2D eigenvalue weighted by Crippen LogP contribution is 2.46. The molecule has 1 spiro atoms. The highest BCUT2D eigenvalue weighted by atomic mass is 16.2. The molecule has 0 fully saturated rings. The molecule has 2 amide bonds. The molecule has 5 rings (SSSR count). The minimum absolute atomic E-state index is 0.0206. The second-order valence-corrected chi connectivity index (χ2v) is 10.5. The van der Waals surface area contributed by atoms with Crippen LogP contribution in [0.5, 0.6) is 0 Å². The Bertz CT molecular complexity index is 1360. The van der Waals surface area contributed by atoms with E-state index in [4.69, 9.17) is 0 Å². The van der Waals surface area contributed by atoms with Crippen LogP contribution in [0, 0.1) is 17.3 Å². The summed E-state index contributed by atoms with van der Waals surface area (Å²) in [7, 11) is 0. The minimum atomic E-state index is -0.580. The van der Waals surface area contributed by atoms with Crippen LogP contribution >= 0.6 is 0 Å². The zero-order valence-electron chi connectivity index (χ0n) is 20.4. The van der Waals surface area contributed by atoms with E-state index in [2.05, 4.69) is 34.3 Å². The Kier molecular flexibility index (Phi) is 5.68. The van der Waals surface area contributed by atoms with E-state index in [9.17, 15) is 9.59 Å². The third kappa shape index (κ3) is 4.33. The third-order valence-corrected chi connectivity index (χ3v) is 6.83. The predicted octanol–water partition coefficient (Wildman–Crippen LogP) is 4.50. The lowest BCUT2D eigenvalue weighted by Crippen LogP contribution is -2.39. The van der Waals surface area contributed by atoms with Crippen molar-refractivity contribution in [3.05, 3.63) is 94.7 Å². The van der Waals surface area contributed by atoms with Crippen molar-refractivity contribution < 1.29 is 9.59 Å². The fourth-order valence-electron chi connectivity index (χ4n) is 5.06. The third-order valence-electron chi connectivity index (χ3n) is 6.83. The molecule has 2 heterocycles. The molecule has 1 aliphatic heterocycles. The number of hydrogen-bond acceptors (Lipinski definition) is 3. The normalized spacial score (nSPS) is 17.9. The van der Waals surface area contributed by atoms with Crippen molar-refractivity contribution in [1.82, 2.24) is 9.88 Å². The Balaban J connectivity index is 1.35. The van der Waals surface area contributed by atoms with Crippen molar-refractivity contribution in [2.24, 2.45) is 5.41 Å². The minimum Gasteiger partial charge on any atom is -0.327 e. The first-order valence-electron chi connectivity index (χ1n) is 12.0. The maximum atomic E-state index is 13.1. The van der Waals surface area contributed by atoms with E-state index in [0.29, 0.717) is 31.7 Å². The van der Waals surface area contributed by atoms with Crippen LogP contribution < -0.4 is 5.32 Å². The van der Waals surface area contributed by atoms with Crippen molar-refractivity contribution in [3.63, 3.8) is 0 Å². The van der Waals surface area contributed by atoms with Crippen LogP contribution in [0.15, 0.2) is 66.9 Å². The van der Waals surface area contributed by atoms with Crippen LogP contribution in [0.3, 0.4) is 0 Å². The fraction of sp³-hybridized carbons (Fsp3) is 0.300. The van der Waals surface area contributed by atoms with Gasteiger partial charge in [0.2, 0.25) is 11.8 Å². The smallest absolute Gasteiger partial charge is 0.237 e. The summed E-state index contributed by atoms with van der Waals surface area (Å²) in [4.78, 5) is 32.1. The molecule has 1 N–H and O–H groups in total.